The molecule has 1 unspecified atom stereocenters. The van der Waals surface area contributed by atoms with Gasteiger partial charge in [-0.15, -0.1) is 0 Å². The van der Waals surface area contributed by atoms with Gasteiger partial charge in [0.15, 0.2) is 9.84 Å². The van der Waals surface area contributed by atoms with Gasteiger partial charge < -0.3 is 5.32 Å². The van der Waals surface area contributed by atoms with Crippen molar-refractivity contribution in [3.63, 3.8) is 0 Å². The molecule has 0 bridgehead atoms. The Balaban J connectivity index is 2.79. The number of hydrogen-bond acceptors (Lipinski definition) is 3. The Bertz CT molecular complexity index is 500. The molecule has 1 rings (SSSR count). The lowest BCUT2D eigenvalue weighted by Gasteiger charge is -2.18. The van der Waals surface area contributed by atoms with Crippen LogP contribution in [0.5, 0.6) is 0 Å². The van der Waals surface area contributed by atoms with Crippen molar-refractivity contribution in [1.82, 2.24) is 5.32 Å². The van der Waals surface area contributed by atoms with E-state index >= 15 is 0 Å². The maximum atomic E-state index is 11.9. The van der Waals surface area contributed by atoms with Crippen LogP contribution in [0.4, 0.5) is 0 Å². The molecule has 108 valence electrons. The minimum absolute atomic E-state index is 0.219. The number of sulfone groups is 1. The summed E-state index contributed by atoms with van der Waals surface area (Å²) in [6.45, 7) is 4.26. The summed E-state index contributed by atoms with van der Waals surface area (Å²) in [7, 11) is -1.08. The third-order valence-electron chi connectivity index (χ3n) is 3.24. The molecule has 1 atom stereocenters. The SMILES string of the molecule is CNCC(CCS(=O)(=O)C(C)C)c1cccc(Br)c1. The molecule has 3 nitrogen and oxygen atoms in total. The average molecular weight is 348 g/mol. The summed E-state index contributed by atoms with van der Waals surface area (Å²) in [5.41, 5.74) is 1.17. The molecule has 0 amide bonds. The van der Waals surface area contributed by atoms with Gasteiger partial charge in [0.25, 0.3) is 0 Å². The van der Waals surface area contributed by atoms with Crippen LogP contribution >= 0.6 is 15.9 Å². The number of likely N-dealkylation sites (N-methyl/N-ethyl adjacent to an activating group) is 1. The average Bonchev–Trinajstić information content (AvgIpc) is 2.34. The lowest BCUT2D eigenvalue weighted by molar-refractivity contribution is 0.567. The van der Waals surface area contributed by atoms with Crippen molar-refractivity contribution in [2.24, 2.45) is 0 Å². The second kappa shape index (κ2) is 7.41. The highest BCUT2D eigenvalue weighted by Gasteiger charge is 2.19. The predicted octanol–water partition coefficient (Wildman–Crippen LogP) is 2.97. The van der Waals surface area contributed by atoms with Gasteiger partial charge in [-0.3, -0.25) is 0 Å². The first-order valence-electron chi connectivity index (χ1n) is 6.48. The second-order valence-electron chi connectivity index (χ2n) is 5.01. The molecule has 1 N–H and O–H groups in total. The molecule has 0 aliphatic heterocycles. The quantitative estimate of drug-likeness (QED) is 0.824. The first-order valence-corrected chi connectivity index (χ1v) is 8.99. The van der Waals surface area contributed by atoms with Crippen LogP contribution in [-0.4, -0.2) is 33.0 Å². The van der Waals surface area contributed by atoms with Crippen LogP contribution in [0.25, 0.3) is 0 Å². The first kappa shape index (κ1) is 16.7. The van der Waals surface area contributed by atoms with Gasteiger partial charge in [0.05, 0.1) is 11.0 Å². The fourth-order valence-corrected chi connectivity index (χ4v) is 3.44. The van der Waals surface area contributed by atoms with Crippen LogP contribution in [0.1, 0.15) is 31.7 Å². The van der Waals surface area contributed by atoms with E-state index in [0.29, 0.717) is 6.42 Å². The zero-order valence-electron chi connectivity index (χ0n) is 11.7. The molecule has 0 spiro atoms. The van der Waals surface area contributed by atoms with Crippen molar-refractivity contribution >= 4 is 25.8 Å². The van der Waals surface area contributed by atoms with Gasteiger partial charge >= 0.3 is 0 Å². The van der Waals surface area contributed by atoms with Crippen LogP contribution in [0.3, 0.4) is 0 Å². The summed E-state index contributed by atoms with van der Waals surface area (Å²) in [5, 5.41) is 2.84. The van der Waals surface area contributed by atoms with Crippen LogP contribution in [0.2, 0.25) is 0 Å². The van der Waals surface area contributed by atoms with Crippen molar-refractivity contribution < 1.29 is 8.42 Å². The lowest BCUT2D eigenvalue weighted by Crippen LogP contribution is -2.23. The molecule has 1 aromatic rings. The van der Waals surface area contributed by atoms with Gasteiger partial charge in [0, 0.05) is 11.0 Å². The maximum Gasteiger partial charge on any atom is 0.152 e. The van der Waals surface area contributed by atoms with Gasteiger partial charge in [0.1, 0.15) is 0 Å². The van der Waals surface area contributed by atoms with Crippen molar-refractivity contribution in [3.05, 3.63) is 34.3 Å². The minimum Gasteiger partial charge on any atom is -0.319 e. The van der Waals surface area contributed by atoms with E-state index in [2.05, 4.69) is 33.4 Å². The Hall–Kier alpha value is -0.390. The van der Waals surface area contributed by atoms with Gasteiger partial charge in [0.2, 0.25) is 0 Å². The van der Waals surface area contributed by atoms with Gasteiger partial charge in [-0.05, 0) is 50.9 Å². The van der Waals surface area contributed by atoms with E-state index in [1.807, 2.05) is 19.2 Å². The fraction of sp³-hybridized carbons (Fsp3) is 0.571. The molecule has 19 heavy (non-hydrogen) atoms. The zero-order chi connectivity index (χ0) is 14.5. The molecule has 5 heteroatoms. The molecular formula is C14H22BrNO2S. The Morgan fingerprint density at radius 1 is 1.32 bits per heavy atom. The monoisotopic (exact) mass is 347 g/mol. The molecule has 0 aliphatic rings. The van der Waals surface area contributed by atoms with Crippen LogP contribution in [-0.2, 0) is 9.84 Å². The fourth-order valence-electron chi connectivity index (χ4n) is 1.94. The zero-order valence-corrected chi connectivity index (χ0v) is 14.1. The van der Waals surface area contributed by atoms with Crippen LogP contribution < -0.4 is 5.32 Å². The normalized spacial score (nSPS) is 13.7. The van der Waals surface area contributed by atoms with E-state index in [1.54, 1.807) is 13.8 Å². The van der Waals surface area contributed by atoms with Crippen molar-refractivity contribution in [2.45, 2.75) is 31.4 Å². The molecule has 0 fully saturated rings. The third-order valence-corrected chi connectivity index (χ3v) is 5.97. The smallest absolute Gasteiger partial charge is 0.152 e. The summed E-state index contributed by atoms with van der Waals surface area (Å²) in [6.07, 6.45) is 0.651. The largest absolute Gasteiger partial charge is 0.319 e. The molecular weight excluding hydrogens is 326 g/mol. The summed E-state index contributed by atoms with van der Waals surface area (Å²) in [6, 6.07) is 8.07. The maximum absolute atomic E-state index is 11.9. The number of rotatable bonds is 7. The first-order chi connectivity index (χ1) is 8.86. The summed E-state index contributed by atoms with van der Waals surface area (Å²) in [4.78, 5) is 0. The van der Waals surface area contributed by atoms with E-state index in [0.717, 1.165) is 11.0 Å². The highest BCUT2D eigenvalue weighted by molar-refractivity contribution is 9.10. The summed E-state index contributed by atoms with van der Waals surface area (Å²) < 4.78 is 24.8. The standard InChI is InChI=1S/C14H22BrNO2S/c1-11(2)19(17,18)8-7-13(10-16-3)12-5-4-6-14(15)9-12/h4-6,9,11,13,16H,7-8,10H2,1-3H3. The van der Waals surface area contributed by atoms with E-state index < -0.39 is 9.84 Å². The number of nitrogens with one attached hydrogen (secondary N) is 1. The van der Waals surface area contributed by atoms with Gasteiger partial charge in [-0.25, -0.2) is 8.42 Å². The van der Waals surface area contributed by atoms with Crippen molar-refractivity contribution in [1.29, 1.82) is 0 Å². The number of benzene rings is 1. The van der Waals surface area contributed by atoms with Gasteiger partial charge in [-0.2, -0.15) is 0 Å². The van der Waals surface area contributed by atoms with Crippen LogP contribution in [0.15, 0.2) is 28.7 Å². The Labute approximate surface area is 124 Å². The number of hydrogen-bond donors (Lipinski definition) is 1. The highest BCUT2D eigenvalue weighted by Crippen LogP contribution is 2.23. The Morgan fingerprint density at radius 2 is 2.00 bits per heavy atom. The summed E-state index contributed by atoms with van der Waals surface area (Å²) in [5.74, 6) is 0.458. The molecule has 0 radical (unpaired) electrons. The van der Waals surface area contributed by atoms with Crippen molar-refractivity contribution in [2.75, 3.05) is 19.3 Å². The summed E-state index contributed by atoms with van der Waals surface area (Å²) >= 11 is 3.46. The molecule has 0 aromatic heterocycles. The van der Waals surface area contributed by atoms with E-state index in [4.69, 9.17) is 0 Å². The lowest BCUT2D eigenvalue weighted by atomic mass is 9.96. The highest BCUT2D eigenvalue weighted by atomic mass is 79.9. The number of halogens is 1. The van der Waals surface area contributed by atoms with E-state index in [-0.39, 0.29) is 16.9 Å². The molecule has 1 aromatic carbocycles. The molecule has 0 saturated heterocycles. The van der Waals surface area contributed by atoms with Crippen molar-refractivity contribution in [3.8, 4) is 0 Å². The minimum atomic E-state index is -2.97. The topological polar surface area (TPSA) is 46.2 Å². The Kier molecular flexibility index (Phi) is 6.50. The van der Waals surface area contributed by atoms with E-state index in [9.17, 15) is 8.42 Å². The van der Waals surface area contributed by atoms with Crippen LogP contribution in [0, 0.1) is 0 Å². The Morgan fingerprint density at radius 3 is 2.53 bits per heavy atom. The molecule has 0 saturated carbocycles. The van der Waals surface area contributed by atoms with Gasteiger partial charge in [-0.1, -0.05) is 28.1 Å². The van der Waals surface area contributed by atoms with E-state index in [1.165, 1.54) is 5.56 Å². The predicted molar refractivity (Wildman–Crippen MR) is 84.3 cm³/mol. The second-order valence-corrected chi connectivity index (χ2v) is 8.61. The molecule has 0 aliphatic carbocycles. The molecule has 0 heterocycles. The third kappa shape index (κ3) is 5.24.